The molecule has 0 N–H and O–H groups in total. The van der Waals surface area contributed by atoms with Gasteiger partial charge in [-0.15, -0.1) is 0 Å². The molecule has 122 valence electrons. The van der Waals surface area contributed by atoms with Crippen molar-refractivity contribution >= 4 is 11.8 Å². The molecule has 1 rings (SSSR count). The highest BCUT2D eigenvalue weighted by molar-refractivity contribution is 6.03. The highest BCUT2D eigenvalue weighted by Gasteiger charge is 2.39. The van der Waals surface area contributed by atoms with Crippen molar-refractivity contribution in [1.29, 1.82) is 0 Å². The quantitative estimate of drug-likeness (QED) is 0.509. The van der Waals surface area contributed by atoms with E-state index >= 15 is 0 Å². The van der Waals surface area contributed by atoms with Crippen molar-refractivity contribution in [3.63, 3.8) is 0 Å². The number of nitrogens with zero attached hydrogens (tertiary/aromatic N) is 1. The lowest BCUT2D eigenvalue weighted by Gasteiger charge is -2.19. The van der Waals surface area contributed by atoms with Crippen molar-refractivity contribution in [2.24, 2.45) is 11.8 Å². The van der Waals surface area contributed by atoms with E-state index in [4.69, 9.17) is 4.74 Å². The molecule has 1 atom stereocenters. The van der Waals surface area contributed by atoms with Gasteiger partial charge in [0.25, 0.3) is 0 Å². The molecule has 1 unspecified atom stereocenters. The fourth-order valence-corrected chi connectivity index (χ4v) is 2.57. The molecule has 0 aromatic heterocycles. The van der Waals surface area contributed by atoms with Crippen LogP contribution >= 0.6 is 0 Å². The molecule has 0 aromatic carbocycles. The summed E-state index contributed by atoms with van der Waals surface area (Å²) in [4.78, 5) is 25.4. The monoisotopic (exact) mass is 297 g/mol. The van der Waals surface area contributed by atoms with Gasteiger partial charge in [-0.25, -0.2) is 0 Å². The van der Waals surface area contributed by atoms with E-state index in [2.05, 4.69) is 20.8 Å². The van der Waals surface area contributed by atoms with Crippen LogP contribution in [0.3, 0.4) is 0 Å². The summed E-state index contributed by atoms with van der Waals surface area (Å²) >= 11 is 0. The molecule has 1 aliphatic rings. The molecular formula is C17H31NO3. The van der Waals surface area contributed by atoms with E-state index in [1.54, 1.807) is 0 Å². The minimum atomic E-state index is -0.0994. The van der Waals surface area contributed by atoms with Gasteiger partial charge in [-0.1, -0.05) is 26.7 Å². The summed E-state index contributed by atoms with van der Waals surface area (Å²) in [5, 5.41) is 0. The van der Waals surface area contributed by atoms with Gasteiger partial charge in [0.15, 0.2) is 0 Å². The lowest BCUT2D eigenvalue weighted by Crippen LogP contribution is -2.32. The number of hydrogen-bond acceptors (Lipinski definition) is 3. The maximum Gasteiger partial charge on any atom is 0.233 e. The van der Waals surface area contributed by atoms with E-state index < -0.39 is 0 Å². The molecule has 21 heavy (non-hydrogen) atoms. The maximum atomic E-state index is 12.1. The first-order valence-corrected chi connectivity index (χ1v) is 8.20. The van der Waals surface area contributed by atoms with Crippen molar-refractivity contribution in [2.75, 3.05) is 13.2 Å². The Kier molecular flexibility index (Phi) is 6.85. The van der Waals surface area contributed by atoms with Crippen LogP contribution in [0.15, 0.2) is 0 Å². The number of likely N-dealkylation sites (tertiary alicyclic amines) is 1. The van der Waals surface area contributed by atoms with Gasteiger partial charge in [-0.2, -0.15) is 0 Å². The van der Waals surface area contributed by atoms with Gasteiger partial charge in [0.05, 0.1) is 5.60 Å². The van der Waals surface area contributed by atoms with Gasteiger partial charge in [-0.3, -0.25) is 14.5 Å². The molecule has 0 bridgehead atoms. The fourth-order valence-electron chi connectivity index (χ4n) is 2.57. The first-order valence-electron chi connectivity index (χ1n) is 8.20. The molecule has 4 heteroatoms. The molecule has 1 aliphatic heterocycles. The minimum absolute atomic E-state index is 0.00904. The largest absolute Gasteiger partial charge is 0.376 e. The second kappa shape index (κ2) is 7.92. The smallest absolute Gasteiger partial charge is 0.233 e. The lowest BCUT2D eigenvalue weighted by atomic mass is 9.94. The van der Waals surface area contributed by atoms with Crippen molar-refractivity contribution in [3.8, 4) is 0 Å². The van der Waals surface area contributed by atoms with E-state index in [1.807, 2.05) is 13.8 Å². The van der Waals surface area contributed by atoms with Crippen LogP contribution in [0.5, 0.6) is 0 Å². The van der Waals surface area contributed by atoms with Crippen LogP contribution in [0.2, 0.25) is 0 Å². The Hall–Kier alpha value is -0.900. The molecule has 1 fully saturated rings. The number of ether oxygens (including phenoxy) is 1. The average Bonchev–Trinajstić information content (AvgIpc) is 2.63. The van der Waals surface area contributed by atoms with Gasteiger partial charge in [0, 0.05) is 25.5 Å². The fraction of sp³-hybridized carbons (Fsp3) is 0.882. The van der Waals surface area contributed by atoms with Crippen molar-refractivity contribution in [2.45, 2.75) is 72.3 Å². The predicted octanol–water partition coefficient (Wildman–Crippen LogP) is 3.39. The van der Waals surface area contributed by atoms with E-state index in [9.17, 15) is 9.59 Å². The van der Waals surface area contributed by atoms with Crippen molar-refractivity contribution < 1.29 is 14.3 Å². The number of imide groups is 1. The van der Waals surface area contributed by atoms with Crippen LogP contribution in [0, 0.1) is 11.8 Å². The zero-order valence-electron chi connectivity index (χ0n) is 14.3. The Morgan fingerprint density at radius 1 is 1.14 bits per heavy atom. The number of carbonyl (C=O) groups excluding carboxylic acids is 2. The van der Waals surface area contributed by atoms with Crippen LogP contribution in [-0.4, -0.2) is 35.5 Å². The summed E-state index contributed by atoms with van der Waals surface area (Å²) in [6.07, 6.45) is 4.46. The molecule has 0 spiro atoms. The second-order valence-electron chi connectivity index (χ2n) is 7.31. The summed E-state index contributed by atoms with van der Waals surface area (Å²) in [5.41, 5.74) is -0.0692. The van der Waals surface area contributed by atoms with E-state index in [-0.39, 0.29) is 29.3 Å². The van der Waals surface area contributed by atoms with Crippen molar-refractivity contribution in [1.82, 2.24) is 4.90 Å². The first kappa shape index (κ1) is 18.1. The van der Waals surface area contributed by atoms with E-state index in [0.29, 0.717) is 13.0 Å². The van der Waals surface area contributed by atoms with Crippen molar-refractivity contribution in [3.05, 3.63) is 0 Å². The van der Waals surface area contributed by atoms with Gasteiger partial charge < -0.3 is 4.74 Å². The molecule has 1 heterocycles. The lowest BCUT2D eigenvalue weighted by molar-refractivity contribution is -0.139. The molecule has 0 aromatic rings. The Balaban J connectivity index is 2.16. The molecular weight excluding hydrogens is 266 g/mol. The minimum Gasteiger partial charge on any atom is -0.376 e. The highest BCUT2D eigenvalue weighted by Crippen LogP contribution is 2.26. The summed E-state index contributed by atoms with van der Waals surface area (Å²) in [7, 11) is 0. The van der Waals surface area contributed by atoms with Crippen LogP contribution in [0.1, 0.15) is 66.7 Å². The Labute approximate surface area is 129 Å². The Morgan fingerprint density at radius 2 is 1.76 bits per heavy atom. The number of rotatable bonds is 8. The second-order valence-corrected chi connectivity index (χ2v) is 7.31. The van der Waals surface area contributed by atoms with Gasteiger partial charge >= 0.3 is 0 Å². The Bertz CT molecular complexity index is 358. The summed E-state index contributed by atoms with van der Waals surface area (Å²) in [6, 6.07) is 0. The number of hydrogen-bond donors (Lipinski definition) is 0. The number of unbranched alkanes of at least 4 members (excludes halogenated alkanes) is 3. The normalized spacial score (nSPS) is 19.9. The zero-order valence-corrected chi connectivity index (χ0v) is 14.3. The third-order valence-electron chi connectivity index (χ3n) is 3.89. The first-order chi connectivity index (χ1) is 9.72. The molecule has 0 aliphatic carbocycles. The number of amides is 2. The van der Waals surface area contributed by atoms with Crippen LogP contribution in [0.4, 0.5) is 0 Å². The standard InChI is InChI=1S/C17H31NO3/c1-13(2)14-12-15(19)18(16(14)20)10-8-6-7-9-11-21-17(3,4)5/h13-14H,6-12H2,1-5H3. The molecule has 1 saturated heterocycles. The van der Waals surface area contributed by atoms with E-state index in [0.717, 1.165) is 32.3 Å². The predicted molar refractivity (Wildman–Crippen MR) is 83.8 cm³/mol. The molecule has 2 amide bonds. The molecule has 4 nitrogen and oxygen atoms in total. The maximum absolute atomic E-state index is 12.1. The van der Waals surface area contributed by atoms with Crippen LogP contribution in [-0.2, 0) is 14.3 Å². The van der Waals surface area contributed by atoms with Gasteiger partial charge in [0.1, 0.15) is 0 Å². The van der Waals surface area contributed by atoms with Crippen LogP contribution in [0.25, 0.3) is 0 Å². The van der Waals surface area contributed by atoms with Crippen LogP contribution < -0.4 is 0 Å². The third-order valence-corrected chi connectivity index (χ3v) is 3.89. The average molecular weight is 297 g/mol. The number of carbonyl (C=O) groups is 2. The summed E-state index contributed by atoms with van der Waals surface area (Å²) in [5.74, 6) is 0.194. The highest BCUT2D eigenvalue weighted by atomic mass is 16.5. The molecule has 0 saturated carbocycles. The summed E-state index contributed by atoms with van der Waals surface area (Å²) < 4.78 is 5.67. The SMILES string of the molecule is CC(C)C1CC(=O)N(CCCCCCOC(C)(C)C)C1=O. The summed E-state index contributed by atoms with van der Waals surface area (Å²) in [6.45, 7) is 11.6. The van der Waals surface area contributed by atoms with Gasteiger partial charge in [-0.05, 0) is 39.5 Å². The van der Waals surface area contributed by atoms with E-state index in [1.165, 1.54) is 4.90 Å². The third kappa shape index (κ3) is 6.16. The topological polar surface area (TPSA) is 46.6 Å². The molecule has 0 radical (unpaired) electrons. The Morgan fingerprint density at radius 3 is 2.29 bits per heavy atom. The van der Waals surface area contributed by atoms with Gasteiger partial charge in [0.2, 0.25) is 11.8 Å². The zero-order chi connectivity index (χ0) is 16.0.